The Balaban J connectivity index is 2.88. The standard InChI is InChI=1S/C8H8N2/c1-10-8(9)7-5-3-2-4-6-7/h2-6,8H,9H2. The Morgan fingerprint density at radius 1 is 1.30 bits per heavy atom. The molecule has 0 radical (unpaired) electrons. The van der Waals surface area contributed by atoms with E-state index in [0.717, 1.165) is 5.56 Å². The van der Waals surface area contributed by atoms with Crippen LogP contribution < -0.4 is 5.73 Å². The third-order valence-electron chi connectivity index (χ3n) is 1.28. The van der Waals surface area contributed by atoms with E-state index in [2.05, 4.69) is 4.85 Å². The fourth-order valence-electron chi connectivity index (χ4n) is 0.725. The van der Waals surface area contributed by atoms with Gasteiger partial charge in [0.15, 0.2) is 0 Å². The van der Waals surface area contributed by atoms with Crippen LogP contribution in [-0.4, -0.2) is 0 Å². The molecule has 0 fully saturated rings. The van der Waals surface area contributed by atoms with E-state index in [-0.39, 0.29) is 0 Å². The lowest BCUT2D eigenvalue weighted by Crippen LogP contribution is -2.03. The van der Waals surface area contributed by atoms with Crippen LogP contribution in [0.3, 0.4) is 0 Å². The van der Waals surface area contributed by atoms with E-state index in [1.807, 2.05) is 30.3 Å². The summed E-state index contributed by atoms with van der Waals surface area (Å²) in [4.78, 5) is 3.19. The lowest BCUT2D eigenvalue weighted by Gasteiger charge is -1.95. The maximum atomic E-state index is 6.65. The normalized spacial score (nSPS) is 12.0. The van der Waals surface area contributed by atoms with Crippen LogP contribution in [-0.2, 0) is 0 Å². The first-order chi connectivity index (χ1) is 4.84. The minimum absolute atomic E-state index is 0.499. The van der Waals surface area contributed by atoms with Crippen molar-refractivity contribution in [3.8, 4) is 0 Å². The van der Waals surface area contributed by atoms with Gasteiger partial charge < -0.3 is 0 Å². The number of hydrogen-bond donors (Lipinski definition) is 1. The maximum Gasteiger partial charge on any atom is 0.300 e. The minimum Gasteiger partial charge on any atom is -0.291 e. The summed E-state index contributed by atoms with van der Waals surface area (Å²) >= 11 is 0. The molecule has 2 nitrogen and oxygen atoms in total. The van der Waals surface area contributed by atoms with Crippen molar-refractivity contribution in [1.82, 2.24) is 0 Å². The molecule has 1 atom stereocenters. The van der Waals surface area contributed by atoms with Crippen LogP contribution in [0.1, 0.15) is 11.7 Å². The van der Waals surface area contributed by atoms with Crippen molar-refractivity contribution in [3.05, 3.63) is 47.3 Å². The third kappa shape index (κ3) is 1.34. The molecule has 0 spiro atoms. The molecule has 0 aliphatic carbocycles. The highest BCUT2D eigenvalue weighted by Crippen LogP contribution is 2.09. The van der Waals surface area contributed by atoms with Gasteiger partial charge in [-0.05, 0) is 12.1 Å². The summed E-state index contributed by atoms with van der Waals surface area (Å²) in [5.74, 6) is 0. The SMILES string of the molecule is [C-]#[N+]C(N)c1ccccc1. The van der Waals surface area contributed by atoms with Crippen LogP contribution in [0, 0.1) is 6.57 Å². The zero-order valence-corrected chi connectivity index (χ0v) is 5.49. The molecule has 10 heavy (non-hydrogen) atoms. The fraction of sp³-hybridized carbons (Fsp3) is 0.125. The van der Waals surface area contributed by atoms with Crippen molar-refractivity contribution in [2.45, 2.75) is 6.17 Å². The summed E-state index contributed by atoms with van der Waals surface area (Å²) < 4.78 is 0. The first kappa shape index (κ1) is 6.79. The molecule has 0 aliphatic rings. The molecule has 0 saturated heterocycles. The van der Waals surface area contributed by atoms with Crippen molar-refractivity contribution in [2.24, 2.45) is 5.73 Å². The van der Waals surface area contributed by atoms with Gasteiger partial charge in [0.25, 0.3) is 0 Å². The number of nitrogens with two attached hydrogens (primary N) is 1. The molecule has 1 rings (SSSR count). The van der Waals surface area contributed by atoms with E-state index in [1.165, 1.54) is 0 Å². The highest BCUT2D eigenvalue weighted by Gasteiger charge is 2.05. The average molecular weight is 132 g/mol. The van der Waals surface area contributed by atoms with Crippen LogP contribution in [0.25, 0.3) is 4.85 Å². The Kier molecular flexibility index (Phi) is 2.03. The predicted octanol–water partition coefficient (Wildman–Crippen LogP) is 1.56. The zero-order chi connectivity index (χ0) is 7.40. The van der Waals surface area contributed by atoms with Gasteiger partial charge in [0, 0.05) is 5.56 Å². The van der Waals surface area contributed by atoms with Gasteiger partial charge in [-0.1, -0.05) is 18.2 Å². The Bertz CT molecular complexity index is 235. The van der Waals surface area contributed by atoms with E-state index >= 15 is 0 Å². The third-order valence-corrected chi connectivity index (χ3v) is 1.28. The Labute approximate surface area is 60.1 Å². The van der Waals surface area contributed by atoms with Crippen molar-refractivity contribution < 1.29 is 0 Å². The second-order valence-electron chi connectivity index (χ2n) is 1.98. The fourth-order valence-corrected chi connectivity index (χ4v) is 0.725. The quantitative estimate of drug-likeness (QED) is 0.577. The minimum atomic E-state index is -0.499. The molecule has 1 aromatic rings. The summed E-state index contributed by atoms with van der Waals surface area (Å²) in [6.45, 7) is 6.65. The van der Waals surface area contributed by atoms with Gasteiger partial charge >= 0.3 is 6.17 Å². The molecule has 0 aliphatic heterocycles. The second-order valence-corrected chi connectivity index (χ2v) is 1.98. The smallest absolute Gasteiger partial charge is 0.291 e. The highest BCUT2D eigenvalue weighted by atomic mass is 14.9. The van der Waals surface area contributed by atoms with E-state index in [1.54, 1.807) is 0 Å². The van der Waals surface area contributed by atoms with Gasteiger partial charge in [0.05, 0.1) is 0 Å². The first-order valence-corrected chi connectivity index (χ1v) is 3.01. The maximum absolute atomic E-state index is 6.65. The largest absolute Gasteiger partial charge is 0.300 e. The molecule has 0 amide bonds. The summed E-state index contributed by atoms with van der Waals surface area (Å²) in [7, 11) is 0. The van der Waals surface area contributed by atoms with Crippen molar-refractivity contribution in [3.63, 3.8) is 0 Å². The van der Waals surface area contributed by atoms with Crippen LogP contribution in [0.15, 0.2) is 30.3 Å². The summed E-state index contributed by atoms with van der Waals surface area (Å²) in [6.07, 6.45) is -0.499. The Morgan fingerprint density at radius 2 is 1.90 bits per heavy atom. The summed E-state index contributed by atoms with van der Waals surface area (Å²) in [5.41, 5.74) is 6.31. The number of benzene rings is 1. The lowest BCUT2D eigenvalue weighted by molar-refractivity contribution is 0.906. The number of nitrogens with zero attached hydrogens (tertiary/aromatic N) is 1. The molecule has 0 bridgehead atoms. The molecule has 1 unspecified atom stereocenters. The van der Waals surface area contributed by atoms with Gasteiger partial charge in [-0.25, -0.2) is 6.57 Å². The highest BCUT2D eigenvalue weighted by molar-refractivity contribution is 5.19. The molecular formula is C8H8N2. The first-order valence-electron chi connectivity index (χ1n) is 3.01. The zero-order valence-electron chi connectivity index (χ0n) is 5.49. The molecule has 2 N–H and O–H groups in total. The molecular weight excluding hydrogens is 124 g/mol. The summed E-state index contributed by atoms with van der Waals surface area (Å²) in [5, 5.41) is 0. The van der Waals surface area contributed by atoms with E-state index in [9.17, 15) is 0 Å². The van der Waals surface area contributed by atoms with E-state index in [4.69, 9.17) is 12.3 Å². The number of hydrogen-bond acceptors (Lipinski definition) is 1. The second kappa shape index (κ2) is 3.00. The predicted molar refractivity (Wildman–Crippen MR) is 40.0 cm³/mol. The summed E-state index contributed by atoms with van der Waals surface area (Å²) in [6, 6.07) is 9.35. The van der Waals surface area contributed by atoms with Crippen LogP contribution in [0.4, 0.5) is 0 Å². The molecule has 50 valence electrons. The van der Waals surface area contributed by atoms with Crippen molar-refractivity contribution in [1.29, 1.82) is 0 Å². The number of rotatable bonds is 1. The lowest BCUT2D eigenvalue weighted by atomic mass is 10.2. The van der Waals surface area contributed by atoms with Gasteiger partial charge in [0.1, 0.15) is 0 Å². The topological polar surface area (TPSA) is 30.4 Å². The Hall–Kier alpha value is -1.33. The molecule has 0 saturated carbocycles. The van der Waals surface area contributed by atoms with Crippen LogP contribution in [0.5, 0.6) is 0 Å². The van der Waals surface area contributed by atoms with Gasteiger partial charge in [-0.3, -0.25) is 10.6 Å². The average Bonchev–Trinajstić information content (AvgIpc) is 2.05. The van der Waals surface area contributed by atoms with Crippen LogP contribution in [0.2, 0.25) is 0 Å². The van der Waals surface area contributed by atoms with Crippen molar-refractivity contribution >= 4 is 0 Å². The molecule has 0 aromatic heterocycles. The van der Waals surface area contributed by atoms with Crippen LogP contribution >= 0.6 is 0 Å². The van der Waals surface area contributed by atoms with E-state index in [0.29, 0.717) is 0 Å². The Morgan fingerprint density at radius 3 is 2.40 bits per heavy atom. The monoisotopic (exact) mass is 132 g/mol. The molecule has 0 heterocycles. The molecule has 1 aromatic carbocycles. The molecule has 2 heteroatoms. The van der Waals surface area contributed by atoms with Gasteiger partial charge in [-0.2, -0.15) is 0 Å². The van der Waals surface area contributed by atoms with Gasteiger partial charge in [-0.15, -0.1) is 0 Å². The van der Waals surface area contributed by atoms with Gasteiger partial charge in [0.2, 0.25) is 0 Å². The van der Waals surface area contributed by atoms with E-state index < -0.39 is 6.17 Å². The van der Waals surface area contributed by atoms with Crippen molar-refractivity contribution in [2.75, 3.05) is 0 Å².